The number of rotatable bonds is 18. The van der Waals surface area contributed by atoms with E-state index in [2.05, 4.69) is 29.8 Å². The van der Waals surface area contributed by atoms with Crippen molar-refractivity contribution in [2.45, 2.75) is 77.0 Å². The van der Waals surface area contributed by atoms with Crippen LogP contribution in [0.5, 0.6) is 0 Å². The van der Waals surface area contributed by atoms with Crippen LogP contribution in [0.25, 0.3) is 0 Å². The summed E-state index contributed by atoms with van der Waals surface area (Å²) in [5.41, 5.74) is 0. The highest BCUT2D eigenvalue weighted by molar-refractivity contribution is 9.09. The number of halogens is 1. The molecule has 0 aromatic rings. The molecule has 0 spiro atoms. The summed E-state index contributed by atoms with van der Waals surface area (Å²) in [6.07, 6.45) is 2.98. The van der Waals surface area contributed by atoms with Crippen molar-refractivity contribution in [1.82, 2.24) is 0 Å². The standard InChI is InChI=1S/C22H41BrO8.C2H6/c1-5-20(23)18(3)31-22(26-4)7-6-19(17(22)2)16-21(25)30-15-14-29-13-12-28-11-10-27-9-8-24;1-2/h17-20,24H,5-16H2,1-4H3;1-2H3. The monoisotopic (exact) mass is 542 g/mol. The molecule has 0 saturated heterocycles. The van der Waals surface area contributed by atoms with Crippen molar-refractivity contribution in [3.63, 3.8) is 0 Å². The van der Waals surface area contributed by atoms with Crippen LogP contribution in [-0.4, -0.2) is 87.8 Å². The Balaban J connectivity index is 0.00000497. The summed E-state index contributed by atoms with van der Waals surface area (Å²) in [5.74, 6) is -0.613. The first-order chi connectivity index (χ1) is 15.9. The molecule has 0 heterocycles. The fourth-order valence-electron chi connectivity index (χ4n) is 3.82. The molecule has 5 unspecified atom stereocenters. The number of alkyl halides is 1. The fourth-order valence-corrected chi connectivity index (χ4v) is 3.93. The largest absolute Gasteiger partial charge is 0.463 e. The van der Waals surface area contributed by atoms with Gasteiger partial charge in [0.2, 0.25) is 0 Å². The van der Waals surface area contributed by atoms with Crippen molar-refractivity contribution in [3.05, 3.63) is 0 Å². The second-order valence-electron chi connectivity index (χ2n) is 7.84. The Morgan fingerprint density at radius 2 is 1.61 bits per heavy atom. The van der Waals surface area contributed by atoms with Gasteiger partial charge < -0.3 is 33.5 Å². The molecule has 198 valence electrons. The van der Waals surface area contributed by atoms with E-state index in [1.54, 1.807) is 7.11 Å². The van der Waals surface area contributed by atoms with Crippen LogP contribution in [0.4, 0.5) is 0 Å². The molecule has 1 rings (SSSR count). The van der Waals surface area contributed by atoms with Gasteiger partial charge in [0.25, 0.3) is 0 Å². The molecule has 1 N–H and O–H groups in total. The van der Waals surface area contributed by atoms with Crippen LogP contribution in [0.1, 0.15) is 60.3 Å². The molecular weight excluding hydrogens is 496 g/mol. The van der Waals surface area contributed by atoms with E-state index in [1.807, 2.05) is 20.8 Å². The number of esters is 1. The maximum Gasteiger partial charge on any atom is 0.306 e. The van der Waals surface area contributed by atoms with Gasteiger partial charge in [-0.2, -0.15) is 0 Å². The third-order valence-corrected chi connectivity index (χ3v) is 7.19. The van der Waals surface area contributed by atoms with Crippen LogP contribution in [0.3, 0.4) is 0 Å². The molecule has 0 aliphatic heterocycles. The van der Waals surface area contributed by atoms with Crippen molar-refractivity contribution in [3.8, 4) is 0 Å². The second-order valence-corrected chi connectivity index (χ2v) is 9.01. The van der Waals surface area contributed by atoms with Crippen LogP contribution in [0, 0.1) is 11.8 Å². The van der Waals surface area contributed by atoms with Gasteiger partial charge in [0.15, 0.2) is 5.79 Å². The third kappa shape index (κ3) is 12.8. The van der Waals surface area contributed by atoms with Crippen LogP contribution >= 0.6 is 15.9 Å². The van der Waals surface area contributed by atoms with Crippen LogP contribution < -0.4 is 0 Å². The molecule has 1 saturated carbocycles. The van der Waals surface area contributed by atoms with E-state index in [1.165, 1.54) is 0 Å². The van der Waals surface area contributed by atoms with E-state index < -0.39 is 5.79 Å². The molecule has 9 heteroatoms. The molecule has 0 amide bonds. The molecule has 1 fully saturated rings. The van der Waals surface area contributed by atoms with Gasteiger partial charge in [0, 0.05) is 30.7 Å². The van der Waals surface area contributed by atoms with Gasteiger partial charge in [0.05, 0.1) is 52.4 Å². The topological polar surface area (TPSA) is 92.7 Å². The minimum Gasteiger partial charge on any atom is -0.463 e. The Morgan fingerprint density at radius 1 is 1.06 bits per heavy atom. The summed E-state index contributed by atoms with van der Waals surface area (Å²) in [7, 11) is 1.68. The van der Waals surface area contributed by atoms with E-state index in [9.17, 15) is 4.79 Å². The minimum absolute atomic E-state index is 0.0122. The van der Waals surface area contributed by atoms with E-state index in [0.717, 1.165) is 19.3 Å². The summed E-state index contributed by atoms with van der Waals surface area (Å²) in [5, 5.41) is 8.58. The lowest BCUT2D eigenvalue weighted by Gasteiger charge is -2.37. The lowest BCUT2D eigenvalue weighted by atomic mass is 9.92. The zero-order chi connectivity index (χ0) is 25.1. The first kappa shape index (κ1) is 32.7. The van der Waals surface area contributed by atoms with Gasteiger partial charge in [-0.15, -0.1) is 0 Å². The summed E-state index contributed by atoms with van der Waals surface area (Å²) in [6, 6.07) is 0. The lowest BCUT2D eigenvalue weighted by Crippen LogP contribution is -2.43. The molecule has 0 radical (unpaired) electrons. The number of aliphatic hydroxyl groups excluding tert-OH is 1. The first-order valence-corrected chi connectivity index (χ1v) is 13.2. The van der Waals surface area contributed by atoms with Crippen LogP contribution in [0.15, 0.2) is 0 Å². The van der Waals surface area contributed by atoms with E-state index in [0.29, 0.717) is 46.1 Å². The number of methoxy groups -OCH3 is 1. The maximum absolute atomic E-state index is 12.3. The third-order valence-electron chi connectivity index (χ3n) is 5.79. The Hall–Kier alpha value is -0.290. The number of aliphatic hydroxyl groups is 1. The summed E-state index contributed by atoms with van der Waals surface area (Å²) in [6.45, 7) is 12.9. The number of hydrogen-bond donors (Lipinski definition) is 1. The maximum atomic E-state index is 12.3. The number of carbonyl (C=O) groups excluding carboxylic acids is 1. The molecule has 0 bridgehead atoms. The zero-order valence-corrected chi connectivity index (χ0v) is 23.1. The van der Waals surface area contributed by atoms with Crippen LogP contribution in [-0.2, 0) is 33.2 Å². The predicted molar refractivity (Wildman–Crippen MR) is 132 cm³/mol. The van der Waals surface area contributed by atoms with Crippen molar-refractivity contribution in [2.24, 2.45) is 11.8 Å². The van der Waals surface area contributed by atoms with E-state index >= 15 is 0 Å². The Labute approximate surface area is 209 Å². The Kier molecular flexibility index (Phi) is 19.8. The normalized spacial score (nSPS) is 24.1. The quantitative estimate of drug-likeness (QED) is 0.120. The average Bonchev–Trinajstić information content (AvgIpc) is 3.13. The van der Waals surface area contributed by atoms with Crippen molar-refractivity contribution in [2.75, 3.05) is 60.0 Å². The van der Waals surface area contributed by atoms with E-state index in [-0.39, 0.29) is 42.0 Å². The van der Waals surface area contributed by atoms with Crippen molar-refractivity contribution in [1.29, 1.82) is 0 Å². The molecule has 8 nitrogen and oxygen atoms in total. The highest BCUT2D eigenvalue weighted by Crippen LogP contribution is 2.46. The smallest absolute Gasteiger partial charge is 0.306 e. The number of carbonyl (C=O) groups is 1. The Morgan fingerprint density at radius 3 is 2.12 bits per heavy atom. The average molecular weight is 544 g/mol. The molecule has 1 aliphatic rings. The van der Waals surface area contributed by atoms with Crippen molar-refractivity contribution < 1.29 is 38.3 Å². The molecule has 1 aliphatic carbocycles. The highest BCUT2D eigenvalue weighted by Gasteiger charge is 2.49. The van der Waals surface area contributed by atoms with Gasteiger partial charge in [-0.1, -0.05) is 43.6 Å². The van der Waals surface area contributed by atoms with E-state index in [4.69, 9.17) is 33.5 Å². The van der Waals surface area contributed by atoms with Crippen LogP contribution in [0.2, 0.25) is 0 Å². The Bertz CT molecular complexity index is 481. The molecule has 33 heavy (non-hydrogen) atoms. The van der Waals surface area contributed by atoms with Gasteiger partial charge >= 0.3 is 5.97 Å². The summed E-state index contributed by atoms with van der Waals surface area (Å²) >= 11 is 3.66. The number of hydrogen-bond acceptors (Lipinski definition) is 8. The molecule has 0 aromatic carbocycles. The minimum atomic E-state index is -0.655. The predicted octanol–water partition coefficient (Wildman–Crippen LogP) is 3.96. The zero-order valence-electron chi connectivity index (χ0n) is 21.5. The van der Waals surface area contributed by atoms with Crippen molar-refractivity contribution >= 4 is 21.9 Å². The molecular formula is C24H47BrO8. The molecule has 5 atom stereocenters. The van der Waals surface area contributed by atoms with Gasteiger partial charge in [-0.05, 0) is 25.7 Å². The summed E-state index contributed by atoms with van der Waals surface area (Å²) in [4.78, 5) is 12.5. The SMILES string of the molecule is CC.CCC(Br)C(C)OC1(OC)CCC(CC(=O)OCCOCCOCCOCCO)C1C. The summed E-state index contributed by atoms with van der Waals surface area (Å²) < 4.78 is 33.3. The fraction of sp³-hybridized carbons (Fsp3) is 0.958. The second kappa shape index (κ2) is 20.0. The lowest BCUT2D eigenvalue weighted by molar-refractivity contribution is -0.262. The highest BCUT2D eigenvalue weighted by atomic mass is 79.9. The van der Waals surface area contributed by atoms with Gasteiger partial charge in [-0.3, -0.25) is 4.79 Å². The first-order valence-electron chi connectivity index (χ1n) is 12.3. The van der Waals surface area contributed by atoms with Gasteiger partial charge in [-0.25, -0.2) is 0 Å². The number of ether oxygens (including phenoxy) is 6. The molecule has 0 aromatic heterocycles. The van der Waals surface area contributed by atoms with Gasteiger partial charge in [0.1, 0.15) is 6.61 Å².